The van der Waals surface area contributed by atoms with Crippen molar-refractivity contribution in [2.45, 2.75) is 24.7 Å². The Morgan fingerprint density at radius 1 is 1.43 bits per heavy atom. The van der Waals surface area contributed by atoms with Crippen LogP contribution in [0.4, 0.5) is 4.39 Å². The molecule has 10 heteroatoms. The number of nitrogens with zero attached hydrogens (tertiary/aromatic N) is 2. The zero-order valence-electron chi connectivity index (χ0n) is 12.1. The lowest BCUT2D eigenvalue weighted by Crippen LogP contribution is -2.26. The summed E-state index contributed by atoms with van der Waals surface area (Å²) in [6.07, 6.45) is -0.324. The lowest BCUT2D eigenvalue weighted by atomic mass is 10.1. The van der Waals surface area contributed by atoms with Crippen LogP contribution >= 0.6 is 0 Å². The minimum Gasteiger partial charge on any atom is -0.481 e. The molecule has 0 aliphatic heterocycles. The molecule has 0 aliphatic rings. The molecule has 2 rings (SSSR count). The van der Waals surface area contributed by atoms with Crippen LogP contribution in [0.5, 0.6) is 0 Å². The highest BCUT2D eigenvalue weighted by Crippen LogP contribution is 2.15. The van der Waals surface area contributed by atoms with Crippen molar-refractivity contribution in [3.63, 3.8) is 0 Å². The minimum absolute atomic E-state index is 0.00244. The number of benzene rings is 1. The van der Waals surface area contributed by atoms with Gasteiger partial charge in [0.05, 0.1) is 11.3 Å². The summed E-state index contributed by atoms with van der Waals surface area (Å²) >= 11 is 0. The van der Waals surface area contributed by atoms with Crippen LogP contribution in [-0.4, -0.2) is 36.2 Å². The highest BCUT2D eigenvalue weighted by atomic mass is 32.2. The number of nitrogens with one attached hydrogen (secondary N) is 1. The molecule has 0 radical (unpaired) electrons. The topological polar surface area (TPSA) is 122 Å². The van der Waals surface area contributed by atoms with Gasteiger partial charge in [0.1, 0.15) is 5.82 Å². The maximum atomic E-state index is 13.7. The molecule has 124 valence electrons. The van der Waals surface area contributed by atoms with Gasteiger partial charge >= 0.3 is 5.97 Å². The maximum Gasteiger partial charge on any atom is 0.307 e. The van der Waals surface area contributed by atoms with Crippen LogP contribution in [0.25, 0.3) is 0 Å². The predicted octanol–water partition coefficient (Wildman–Crippen LogP) is 0.665. The number of hydrogen-bond acceptors (Lipinski definition) is 6. The van der Waals surface area contributed by atoms with Crippen LogP contribution in [0.2, 0.25) is 0 Å². The van der Waals surface area contributed by atoms with Crippen LogP contribution in [0.15, 0.2) is 27.6 Å². The molecule has 0 spiro atoms. The van der Waals surface area contributed by atoms with E-state index in [9.17, 15) is 17.6 Å². The lowest BCUT2D eigenvalue weighted by molar-refractivity contribution is -0.136. The van der Waals surface area contributed by atoms with E-state index in [0.29, 0.717) is 5.82 Å². The second-order valence-corrected chi connectivity index (χ2v) is 6.47. The third-order valence-electron chi connectivity index (χ3n) is 2.88. The first-order chi connectivity index (χ1) is 10.8. The number of carboxylic acids is 1. The number of carbonyl (C=O) groups is 1. The molecule has 2 aromatic rings. The van der Waals surface area contributed by atoms with Crippen LogP contribution < -0.4 is 4.72 Å². The summed E-state index contributed by atoms with van der Waals surface area (Å²) in [4.78, 5) is 14.2. The van der Waals surface area contributed by atoms with E-state index in [-0.39, 0.29) is 29.3 Å². The summed E-state index contributed by atoms with van der Waals surface area (Å²) in [5, 5.41) is 12.2. The van der Waals surface area contributed by atoms with E-state index in [1.807, 2.05) is 0 Å². The Labute approximate surface area is 131 Å². The van der Waals surface area contributed by atoms with Crippen LogP contribution in [-0.2, 0) is 27.7 Å². The number of rotatable bonds is 7. The molecule has 0 amide bonds. The van der Waals surface area contributed by atoms with Gasteiger partial charge in [-0.1, -0.05) is 11.2 Å². The number of hydrogen-bond donors (Lipinski definition) is 2. The van der Waals surface area contributed by atoms with Crippen molar-refractivity contribution in [1.82, 2.24) is 14.9 Å². The average molecular weight is 343 g/mol. The summed E-state index contributed by atoms with van der Waals surface area (Å²) in [7, 11) is -3.92. The van der Waals surface area contributed by atoms with Gasteiger partial charge in [0, 0.05) is 13.0 Å². The van der Waals surface area contributed by atoms with Crippen molar-refractivity contribution >= 4 is 16.0 Å². The number of aliphatic carboxylic acids is 1. The van der Waals surface area contributed by atoms with Gasteiger partial charge in [-0.05, 0) is 24.6 Å². The molecule has 0 unspecified atom stereocenters. The molecule has 0 atom stereocenters. The zero-order valence-corrected chi connectivity index (χ0v) is 12.9. The second kappa shape index (κ2) is 6.84. The van der Waals surface area contributed by atoms with Crippen molar-refractivity contribution in [2.24, 2.45) is 0 Å². The van der Waals surface area contributed by atoms with E-state index in [0.717, 1.165) is 18.2 Å². The largest absolute Gasteiger partial charge is 0.481 e. The van der Waals surface area contributed by atoms with E-state index in [4.69, 9.17) is 9.63 Å². The lowest BCUT2D eigenvalue weighted by Gasteiger charge is -2.07. The smallest absolute Gasteiger partial charge is 0.307 e. The van der Waals surface area contributed by atoms with Gasteiger partial charge in [0.15, 0.2) is 5.82 Å². The van der Waals surface area contributed by atoms with E-state index in [1.165, 1.54) is 0 Å². The molecule has 2 N–H and O–H groups in total. The SMILES string of the molecule is Cc1noc(CCNS(=O)(=O)c2ccc(CC(=O)O)c(F)c2)n1. The summed E-state index contributed by atoms with van der Waals surface area (Å²) in [5.74, 6) is -1.36. The summed E-state index contributed by atoms with van der Waals surface area (Å²) < 4.78 is 45.0. The number of carboxylic acid groups (broad SMARTS) is 1. The van der Waals surface area contributed by atoms with Crippen molar-refractivity contribution < 1.29 is 27.2 Å². The fourth-order valence-corrected chi connectivity index (χ4v) is 2.86. The molecular formula is C13H14FN3O5S. The van der Waals surface area contributed by atoms with Crippen LogP contribution in [0, 0.1) is 12.7 Å². The van der Waals surface area contributed by atoms with Gasteiger partial charge in [0.25, 0.3) is 0 Å². The van der Waals surface area contributed by atoms with Crippen molar-refractivity contribution in [3.8, 4) is 0 Å². The van der Waals surface area contributed by atoms with Gasteiger partial charge in [-0.15, -0.1) is 0 Å². The Morgan fingerprint density at radius 3 is 2.74 bits per heavy atom. The Bertz CT molecular complexity index is 819. The molecule has 0 saturated heterocycles. The number of halogens is 1. The molecular weight excluding hydrogens is 329 g/mol. The molecule has 0 fully saturated rings. The van der Waals surface area contributed by atoms with Gasteiger partial charge in [-0.25, -0.2) is 17.5 Å². The molecule has 8 nitrogen and oxygen atoms in total. The predicted molar refractivity (Wildman–Crippen MR) is 75.7 cm³/mol. The Morgan fingerprint density at radius 2 is 2.17 bits per heavy atom. The summed E-state index contributed by atoms with van der Waals surface area (Å²) in [5.41, 5.74) is -0.0854. The van der Waals surface area contributed by atoms with E-state index >= 15 is 0 Å². The molecule has 0 saturated carbocycles. The van der Waals surface area contributed by atoms with Gasteiger partial charge in [-0.2, -0.15) is 4.98 Å². The molecule has 0 aliphatic carbocycles. The van der Waals surface area contributed by atoms with Gasteiger partial charge in [-0.3, -0.25) is 4.79 Å². The van der Waals surface area contributed by atoms with Crippen molar-refractivity contribution in [2.75, 3.05) is 6.54 Å². The van der Waals surface area contributed by atoms with Crippen LogP contribution in [0.1, 0.15) is 17.3 Å². The fourth-order valence-electron chi connectivity index (χ4n) is 1.82. The van der Waals surface area contributed by atoms with Gasteiger partial charge < -0.3 is 9.63 Å². The average Bonchev–Trinajstić information content (AvgIpc) is 2.86. The minimum atomic E-state index is -3.92. The van der Waals surface area contributed by atoms with E-state index in [1.54, 1.807) is 6.92 Å². The second-order valence-electron chi connectivity index (χ2n) is 4.71. The molecule has 0 bridgehead atoms. The maximum absolute atomic E-state index is 13.7. The van der Waals surface area contributed by atoms with E-state index in [2.05, 4.69) is 14.9 Å². The third-order valence-corrected chi connectivity index (χ3v) is 4.34. The number of aryl methyl sites for hydroxylation is 1. The standard InChI is InChI=1S/C13H14FN3O5S/c1-8-16-12(22-17-8)4-5-15-23(20,21)10-3-2-9(6-13(18)19)11(14)7-10/h2-3,7,15H,4-6H2,1H3,(H,18,19). The number of aromatic nitrogens is 2. The fraction of sp³-hybridized carbons (Fsp3) is 0.308. The van der Waals surface area contributed by atoms with Crippen molar-refractivity contribution in [3.05, 3.63) is 41.3 Å². The third kappa shape index (κ3) is 4.57. The first kappa shape index (κ1) is 17.0. The summed E-state index contributed by atoms with van der Waals surface area (Å²) in [6.45, 7) is 1.64. The number of sulfonamides is 1. The van der Waals surface area contributed by atoms with Gasteiger partial charge in [0.2, 0.25) is 15.9 Å². The highest BCUT2D eigenvalue weighted by Gasteiger charge is 2.17. The first-order valence-corrected chi connectivity index (χ1v) is 8.05. The first-order valence-electron chi connectivity index (χ1n) is 6.57. The Balaban J connectivity index is 2.04. The quantitative estimate of drug-likeness (QED) is 0.757. The molecule has 1 aromatic heterocycles. The Kier molecular flexibility index (Phi) is 5.06. The molecule has 1 aromatic carbocycles. The van der Waals surface area contributed by atoms with Crippen LogP contribution in [0.3, 0.4) is 0 Å². The zero-order chi connectivity index (χ0) is 17.0. The monoisotopic (exact) mass is 343 g/mol. The normalized spacial score (nSPS) is 11.6. The van der Waals surface area contributed by atoms with E-state index < -0.39 is 28.2 Å². The molecule has 1 heterocycles. The Hall–Kier alpha value is -2.33. The van der Waals surface area contributed by atoms with Crippen molar-refractivity contribution in [1.29, 1.82) is 0 Å². The summed E-state index contributed by atoms with van der Waals surface area (Å²) in [6, 6.07) is 3.08. The highest BCUT2D eigenvalue weighted by molar-refractivity contribution is 7.89. The molecule has 23 heavy (non-hydrogen) atoms.